The number of benzene rings is 1. The van der Waals surface area contributed by atoms with Crippen LogP contribution in [-0.4, -0.2) is 10.4 Å². The van der Waals surface area contributed by atoms with E-state index in [0.717, 1.165) is 12.1 Å². The van der Waals surface area contributed by atoms with E-state index in [-0.39, 0.29) is 12.3 Å². The monoisotopic (exact) mass is 241 g/mol. The molecule has 0 spiro atoms. The lowest BCUT2D eigenvalue weighted by Gasteiger charge is -2.07. The standard InChI is InChI=1S/C12H10F3NO/c1-8(17)7-16-5-4-9-6-10(12(13,14)15)2-3-11(9)16/h2-6H,7H2,1H3. The normalized spacial score (nSPS) is 12.0. The van der Waals surface area contributed by atoms with Gasteiger partial charge >= 0.3 is 6.18 Å². The summed E-state index contributed by atoms with van der Waals surface area (Å²) in [5.41, 5.74) is -0.0428. The Labute approximate surface area is 95.7 Å². The van der Waals surface area contributed by atoms with Crippen LogP contribution in [0.25, 0.3) is 10.9 Å². The van der Waals surface area contributed by atoms with Gasteiger partial charge in [0.2, 0.25) is 0 Å². The number of alkyl halides is 3. The Morgan fingerprint density at radius 3 is 2.59 bits per heavy atom. The van der Waals surface area contributed by atoms with Gasteiger partial charge in [0.15, 0.2) is 0 Å². The highest BCUT2D eigenvalue weighted by atomic mass is 19.4. The van der Waals surface area contributed by atoms with E-state index in [4.69, 9.17) is 0 Å². The molecule has 2 rings (SSSR count). The second kappa shape index (κ2) is 3.91. The van der Waals surface area contributed by atoms with E-state index in [1.165, 1.54) is 13.0 Å². The summed E-state index contributed by atoms with van der Waals surface area (Å²) >= 11 is 0. The van der Waals surface area contributed by atoms with Gasteiger partial charge in [-0.3, -0.25) is 4.79 Å². The third-order valence-corrected chi connectivity index (χ3v) is 2.49. The third kappa shape index (κ3) is 2.33. The predicted octanol–water partition coefficient (Wildman–Crippen LogP) is 3.25. The first kappa shape index (κ1) is 11.7. The smallest absolute Gasteiger partial charge is 0.340 e. The van der Waals surface area contributed by atoms with Crippen molar-refractivity contribution in [3.8, 4) is 0 Å². The summed E-state index contributed by atoms with van der Waals surface area (Å²) in [6.07, 6.45) is -2.72. The molecule has 0 amide bonds. The van der Waals surface area contributed by atoms with Gasteiger partial charge in [0.05, 0.1) is 12.1 Å². The summed E-state index contributed by atoms with van der Waals surface area (Å²) in [6.45, 7) is 1.62. The lowest BCUT2D eigenvalue weighted by atomic mass is 10.1. The van der Waals surface area contributed by atoms with Gasteiger partial charge in [-0.05, 0) is 31.2 Å². The lowest BCUT2D eigenvalue weighted by Crippen LogP contribution is -2.06. The fraction of sp³-hybridized carbons (Fsp3) is 0.250. The highest BCUT2D eigenvalue weighted by Gasteiger charge is 2.30. The number of halogens is 3. The Morgan fingerprint density at radius 2 is 2.00 bits per heavy atom. The van der Waals surface area contributed by atoms with E-state index in [0.29, 0.717) is 10.9 Å². The number of aromatic nitrogens is 1. The second-order valence-corrected chi connectivity index (χ2v) is 3.92. The van der Waals surface area contributed by atoms with Gasteiger partial charge in [-0.1, -0.05) is 0 Å². The molecule has 2 nitrogen and oxygen atoms in total. The molecule has 90 valence electrons. The average molecular weight is 241 g/mol. The molecule has 0 saturated carbocycles. The van der Waals surface area contributed by atoms with Crippen molar-refractivity contribution in [2.75, 3.05) is 0 Å². The minimum Gasteiger partial charge on any atom is -0.340 e. The topological polar surface area (TPSA) is 22.0 Å². The molecule has 1 heterocycles. The van der Waals surface area contributed by atoms with Gasteiger partial charge in [0, 0.05) is 17.1 Å². The van der Waals surface area contributed by atoms with Crippen molar-refractivity contribution in [2.24, 2.45) is 0 Å². The highest BCUT2D eigenvalue weighted by molar-refractivity contribution is 5.83. The molecule has 0 fully saturated rings. The molecule has 17 heavy (non-hydrogen) atoms. The molecule has 0 aliphatic carbocycles. The minimum absolute atomic E-state index is 0.0394. The van der Waals surface area contributed by atoms with Gasteiger partial charge in [0.1, 0.15) is 5.78 Å². The Hall–Kier alpha value is -1.78. The zero-order chi connectivity index (χ0) is 12.6. The largest absolute Gasteiger partial charge is 0.416 e. The van der Waals surface area contributed by atoms with Crippen LogP contribution in [0, 0.1) is 0 Å². The molecule has 0 N–H and O–H groups in total. The van der Waals surface area contributed by atoms with Crippen LogP contribution in [0.15, 0.2) is 30.5 Å². The third-order valence-electron chi connectivity index (χ3n) is 2.49. The number of carbonyl (C=O) groups excluding carboxylic acids is 1. The Balaban J connectivity index is 2.48. The van der Waals surface area contributed by atoms with Crippen LogP contribution < -0.4 is 0 Å². The predicted molar refractivity (Wildman–Crippen MR) is 57.6 cm³/mol. The van der Waals surface area contributed by atoms with Crippen molar-refractivity contribution >= 4 is 16.7 Å². The zero-order valence-electron chi connectivity index (χ0n) is 9.08. The molecule has 0 saturated heterocycles. The SMILES string of the molecule is CC(=O)Cn1ccc2cc(C(F)(F)F)ccc21. The van der Waals surface area contributed by atoms with Crippen LogP contribution in [-0.2, 0) is 17.5 Å². The van der Waals surface area contributed by atoms with Gasteiger partial charge < -0.3 is 4.57 Å². The van der Waals surface area contributed by atoms with Gasteiger partial charge in [-0.25, -0.2) is 0 Å². The molecule has 0 bridgehead atoms. The number of carbonyl (C=O) groups is 1. The quantitative estimate of drug-likeness (QED) is 0.791. The Bertz CT molecular complexity index is 569. The van der Waals surface area contributed by atoms with Crippen molar-refractivity contribution < 1.29 is 18.0 Å². The van der Waals surface area contributed by atoms with Crippen LogP contribution in [0.4, 0.5) is 13.2 Å². The summed E-state index contributed by atoms with van der Waals surface area (Å²) in [6, 6.07) is 5.08. The molecule has 0 unspecified atom stereocenters. The van der Waals surface area contributed by atoms with Gasteiger partial charge in [0.25, 0.3) is 0 Å². The van der Waals surface area contributed by atoms with Crippen LogP contribution in [0.1, 0.15) is 12.5 Å². The fourth-order valence-corrected chi connectivity index (χ4v) is 1.75. The van der Waals surface area contributed by atoms with Crippen LogP contribution in [0.2, 0.25) is 0 Å². The summed E-state index contributed by atoms with van der Waals surface area (Å²) in [4.78, 5) is 11.0. The van der Waals surface area contributed by atoms with Crippen LogP contribution in [0.3, 0.4) is 0 Å². The molecule has 0 aliphatic rings. The maximum absolute atomic E-state index is 12.5. The van der Waals surface area contributed by atoms with Crippen molar-refractivity contribution in [1.82, 2.24) is 4.57 Å². The number of hydrogen-bond acceptors (Lipinski definition) is 1. The number of Topliss-reactive ketones (excluding diaryl/α,β-unsaturated/α-hetero) is 1. The van der Waals surface area contributed by atoms with E-state index in [9.17, 15) is 18.0 Å². The average Bonchev–Trinajstić information content (AvgIpc) is 2.59. The minimum atomic E-state index is -4.34. The zero-order valence-corrected chi connectivity index (χ0v) is 9.08. The molecule has 5 heteroatoms. The molecule has 0 aliphatic heterocycles. The first-order chi connectivity index (χ1) is 7.88. The molecular weight excluding hydrogens is 231 g/mol. The van der Waals surface area contributed by atoms with Crippen molar-refractivity contribution in [3.05, 3.63) is 36.0 Å². The second-order valence-electron chi connectivity index (χ2n) is 3.92. The Kier molecular flexibility index (Phi) is 2.69. The van der Waals surface area contributed by atoms with Crippen molar-refractivity contribution in [3.63, 3.8) is 0 Å². The molecular formula is C12H10F3NO. The number of ketones is 1. The summed E-state index contributed by atoms with van der Waals surface area (Å²) in [7, 11) is 0. The summed E-state index contributed by atoms with van der Waals surface area (Å²) in [5, 5.41) is 0.487. The molecule has 1 aromatic carbocycles. The van der Waals surface area contributed by atoms with E-state index in [2.05, 4.69) is 0 Å². The van der Waals surface area contributed by atoms with E-state index in [1.807, 2.05) is 0 Å². The first-order valence-corrected chi connectivity index (χ1v) is 5.03. The van der Waals surface area contributed by atoms with Gasteiger partial charge in [-0.2, -0.15) is 13.2 Å². The van der Waals surface area contributed by atoms with Gasteiger partial charge in [-0.15, -0.1) is 0 Å². The Morgan fingerprint density at radius 1 is 1.29 bits per heavy atom. The molecule has 0 radical (unpaired) electrons. The number of hydrogen-bond donors (Lipinski definition) is 0. The number of rotatable bonds is 2. The van der Waals surface area contributed by atoms with E-state index < -0.39 is 11.7 Å². The summed E-state index contributed by atoms with van der Waals surface area (Å²) in [5.74, 6) is -0.0394. The van der Waals surface area contributed by atoms with E-state index >= 15 is 0 Å². The van der Waals surface area contributed by atoms with E-state index in [1.54, 1.807) is 16.8 Å². The van der Waals surface area contributed by atoms with Crippen LogP contribution in [0.5, 0.6) is 0 Å². The van der Waals surface area contributed by atoms with Crippen molar-refractivity contribution in [1.29, 1.82) is 0 Å². The maximum Gasteiger partial charge on any atom is 0.416 e. The summed E-state index contributed by atoms with van der Waals surface area (Å²) < 4.78 is 39.1. The molecule has 1 aromatic heterocycles. The lowest BCUT2D eigenvalue weighted by molar-refractivity contribution is -0.137. The highest BCUT2D eigenvalue weighted by Crippen LogP contribution is 2.31. The molecule has 2 aromatic rings. The van der Waals surface area contributed by atoms with Crippen molar-refractivity contribution in [2.45, 2.75) is 19.6 Å². The number of nitrogens with zero attached hydrogens (tertiary/aromatic N) is 1. The van der Waals surface area contributed by atoms with Crippen LogP contribution >= 0.6 is 0 Å². The number of fused-ring (bicyclic) bond motifs is 1. The maximum atomic E-state index is 12.5. The first-order valence-electron chi connectivity index (χ1n) is 5.03. The molecule has 0 atom stereocenters. The fourth-order valence-electron chi connectivity index (χ4n) is 1.75.